The second-order valence-electron chi connectivity index (χ2n) is 6.09. The molecule has 0 radical (unpaired) electrons. The summed E-state index contributed by atoms with van der Waals surface area (Å²) in [6, 6.07) is 11.7. The summed E-state index contributed by atoms with van der Waals surface area (Å²) in [7, 11) is -5.04. The van der Waals surface area contributed by atoms with Gasteiger partial charge in [-0.25, -0.2) is 0 Å². The quantitative estimate of drug-likeness (QED) is 0.311. The van der Waals surface area contributed by atoms with Crippen LogP contribution in [0.4, 0.5) is 0 Å². The van der Waals surface area contributed by atoms with Crippen molar-refractivity contribution in [2.24, 2.45) is 0 Å². The van der Waals surface area contributed by atoms with Crippen molar-refractivity contribution in [2.45, 2.75) is 4.75 Å². The van der Waals surface area contributed by atoms with Crippen LogP contribution >= 0.6 is 46.4 Å². The maximum Gasteiger partial charge on any atom is 0.283 e. The summed E-state index contributed by atoms with van der Waals surface area (Å²) < 4.78 is 33.9. The molecule has 152 valence electrons. The van der Waals surface area contributed by atoms with E-state index in [-0.39, 0.29) is 31.8 Å². The molecule has 1 unspecified atom stereocenters. The molecular weight excluding hydrogens is 482 g/mol. The van der Waals surface area contributed by atoms with E-state index in [1.807, 2.05) is 0 Å². The Morgan fingerprint density at radius 1 is 0.759 bits per heavy atom. The molecule has 0 heterocycles. The highest BCUT2D eigenvalue weighted by Gasteiger charge is 2.50. The number of hydrogen-bond acceptors (Lipinski definition) is 4. The van der Waals surface area contributed by atoms with Crippen molar-refractivity contribution < 1.29 is 23.2 Å². The number of rotatable bonds is 4. The van der Waals surface area contributed by atoms with Gasteiger partial charge in [0.1, 0.15) is 16.5 Å². The highest BCUT2D eigenvalue weighted by atomic mass is 35.5. The Balaban J connectivity index is 2.56. The number of aromatic hydroxyl groups is 2. The number of phenolic OH excluding ortho intramolecular Hbond substituents is 2. The maximum absolute atomic E-state index is 12.9. The van der Waals surface area contributed by atoms with E-state index < -0.39 is 26.4 Å². The zero-order valence-corrected chi connectivity index (χ0v) is 18.1. The van der Waals surface area contributed by atoms with Crippen molar-refractivity contribution in [3.63, 3.8) is 0 Å². The van der Waals surface area contributed by atoms with Crippen LogP contribution in [-0.2, 0) is 14.9 Å². The lowest BCUT2D eigenvalue weighted by atomic mass is 9.83. The molecule has 1 atom stereocenters. The van der Waals surface area contributed by atoms with Crippen molar-refractivity contribution in [3.05, 3.63) is 91.4 Å². The van der Waals surface area contributed by atoms with Gasteiger partial charge >= 0.3 is 0 Å². The Labute approximate surface area is 186 Å². The van der Waals surface area contributed by atoms with E-state index >= 15 is 0 Å². The second-order valence-corrected chi connectivity index (χ2v) is 9.28. The molecular formula is C19H12Cl4O5S. The van der Waals surface area contributed by atoms with Crippen LogP contribution in [0.2, 0.25) is 20.1 Å². The third-order valence-electron chi connectivity index (χ3n) is 4.44. The molecule has 3 aromatic rings. The molecule has 3 aromatic carbocycles. The lowest BCUT2D eigenvalue weighted by Crippen LogP contribution is -2.38. The van der Waals surface area contributed by atoms with Crippen LogP contribution in [-0.4, -0.2) is 23.2 Å². The van der Waals surface area contributed by atoms with Crippen molar-refractivity contribution in [1.29, 1.82) is 0 Å². The minimum Gasteiger partial charge on any atom is -0.506 e. The molecule has 0 aliphatic carbocycles. The van der Waals surface area contributed by atoms with Crippen molar-refractivity contribution in [1.82, 2.24) is 0 Å². The molecule has 0 saturated carbocycles. The standard InChI is InChI=1S/C19H12Cl4O5S/c20-12-4-1-10(2-5-12)19(29(26,27)28,11-3-7-14(21)16(24)9-11)13-6-8-15(22)17(23)18(13)25/h1-9,24-25H,(H,26,27,28). The van der Waals surface area contributed by atoms with Crippen LogP contribution < -0.4 is 0 Å². The van der Waals surface area contributed by atoms with Gasteiger partial charge in [-0.1, -0.05) is 70.7 Å². The van der Waals surface area contributed by atoms with Gasteiger partial charge in [0.15, 0.2) is 4.75 Å². The third-order valence-corrected chi connectivity index (χ3v) is 7.27. The Morgan fingerprint density at radius 2 is 1.31 bits per heavy atom. The first-order valence-electron chi connectivity index (χ1n) is 7.89. The lowest BCUT2D eigenvalue weighted by Gasteiger charge is -2.33. The first-order chi connectivity index (χ1) is 13.5. The molecule has 0 spiro atoms. The predicted molar refractivity (Wildman–Crippen MR) is 114 cm³/mol. The zero-order chi connectivity index (χ0) is 21.6. The Kier molecular flexibility index (Phi) is 5.98. The van der Waals surface area contributed by atoms with Crippen LogP contribution in [0.1, 0.15) is 16.7 Å². The third kappa shape index (κ3) is 3.65. The monoisotopic (exact) mass is 492 g/mol. The minimum atomic E-state index is -5.04. The van der Waals surface area contributed by atoms with Gasteiger partial charge in [0.2, 0.25) is 0 Å². The summed E-state index contributed by atoms with van der Waals surface area (Å²) in [5.74, 6) is -1.08. The first kappa shape index (κ1) is 22.0. The van der Waals surface area contributed by atoms with Gasteiger partial charge in [-0.2, -0.15) is 8.42 Å². The fraction of sp³-hybridized carbons (Fsp3) is 0.0526. The number of benzene rings is 3. The van der Waals surface area contributed by atoms with E-state index in [0.29, 0.717) is 5.02 Å². The van der Waals surface area contributed by atoms with E-state index in [1.54, 1.807) is 0 Å². The van der Waals surface area contributed by atoms with Crippen molar-refractivity contribution in [3.8, 4) is 11.5 Å². The van der Waals surface area contributed by atoms with Crippen molar-refractivity contribution in [2.75, 3.05) is 0 Å². The molecule has 0 aliphatic heterocycles. The van der Waals surface area contributed by atoms with E-state index in [2.05, 4.69) is 0 Å². The molecule has 0 aromatic heterocycles. The normalized spacial score (nSPS) is 13.8. The molecule has 10 heteroatoms. The van der Waals surface area contributed by atoms with Gasteiger partial charge in [-0.05, 0) is 41.5 Å². The summed E-state index contributed by atoms with van der Waals surface area (Å²) in [5.41, 5.74) is -0.351. The fourth-order valence-corrected chi connectivity index (χ4v) is 5.02. The Bertz CT molecular complexity index is 1200. The molecule has 5 nitrogen and oxygen atoms in total. The maximum atomic E-state index is 12.9. The fourth-order valence-electron chi connectivity index (χ4n) is 3.15. The van der Waals surface area contributed by atoms with E-state index in [0.717, 1.165) is 6.07 Å². The summed E-state index contributed by atoms with van der Waals surface area (Å²) in [5, 5.41) is 20.7. The van der Waals surface area contributed by atoms with Gasteiger partial charge in [0, 0.05) is 10.6 Å². The Hall–Kier alpha value is -1.67. The van der Waals surface area contributed by atoms with Crippen LogP contribution in [0.3, 0.4) is 0 Å². The van der Waals surface area contributed by atoms with E-state index in [9.17, 15) is 23.2 Å². The van der Waals surface area contributed by atoms with Gasteiger partial charge < -0.3 is 10.2 Å². The van der Waals surface area contributed by atoms with Gasteiger partial charge in [0.05, 0.1) is 10.0 Å². The number of hydrogen-bond donors (Lipinski definition) is 3. The molecule has 0 bridgehead atoms. The topological polar surface area (TPSA) is 94.8 Å². The Morgan fingerprint density at radius 3 is 1.86 bits per heavy atom. The SMILES string of the molecule is O=S(=O)(O)C(c1ccc(Cl)cc1)(c1ccc(Cl)c(O)c1)c1ccc(Cl)c(Cl)c1O. The van der Waals surface area contributed by atoms with Gasteiger partial charge in [-0.15, -0.1) is 0 Å². The summed E-state index contributed by atoms with van der Waals surface area (Å²) in [6.45, 7) is 0. The average molecular weight is 494 g/mol. The van der Waals surface area contributed by atoms with Crippen LogP contribution in [0.25, 0.3) is 0 Å². The van der Waals surface area contributed by atoms with E-state index in [1.165, 1.54) is 48.5 Å². The second kappa shape index (κ2) is 7.87. The molecule has 0 fully saturated rings. The largest absolute Gasteiger partial charge is 0.506 e. The minimum absolute atomic E-state index is 0.0211. The average Bonchev–Trinajstić information content (AvgIpc) is 2.65. The van der Waals surface area contributed by atoms with Crippen LogP contribution in [0.5, 0.6) is 11.5 Å². The molecule has 3 rings (SSSR count). The zero-order valence-electron chi connectivity index (χ0n) is 14.3. The van der Waals surface area contributed by atoms with Gasteiger partial charge in [-0.3, -0.25) is 4.55 Å². The number of halogens is 4. The molecule has 0 amide bonds. The molecule has 0 aliphatic rings. The van der Waals surface area contributed by atoms with Gasteiger partial charge in [0.25, 0.3) is 10.1 Å². The smallest absolute Gasteiger partial charge is 0.283 e. The molecule has 29 heavy (non-hydrogen) atoms. The lowest BCUT2D eigenvalue weighted by molar-refractivity contribution is 0.439. The number of phenols is 2. The van der Waals surface area contributed by atoms with Crippen LogP contribution in [0, 0.1) is 0 Å². The molecule has 0 saturated heterocycles. The van der Waals surface area contributed by atoms with Crippen molar-refractivity contribution >= 4 is 56.5 Å². The predicted octanol–water partition coefficient (Wildman–Crippen LogP) is 5.89. The highest BCUT2D eigenvalue weighted by Crippen LogP contribution is 2.50. The summed E-state index contributed by atoms with van der Waals surface area (Å²) in [4.78, 5) is 0. The first-order valence-corrected chi connectivity index (χ1v) is 10.8. The highest BCUT2D eigenvalue weighted by molar-refractivity contribution is 7.87. The summed E-state index contributed by atoms with van der Waals surface area (Å²) >= 11 is 23.8. The van der Waals surface area contributed by atoms with E-state index in [4.69, 9.17) is 46.4 Å². The summed E-state index contributed by atoms with van der Waals surface area (Å²) in [6.07, 6.45) is 0. The molecule has 3 N–H and O–H groups in total. The van der Waals surface area contributed by atoms with Crippen LogP contribution in [0.15, 0.2) is 54.6 Å².